The van der Waals surface area contributed by atoms with Crippen molar-refractivity contribution in [2.75, 3.05) is 0 Å². The third-order valence-electron chi connectivity index (χ3n) is 2.83. The quantitative estimate of drug-likeness (QED) is 0.426. The molecule has 0 saturated heterocycles. The van der Waals surface area contributed by atoms with E-state index in [0.717, 1.165) is 0 Å². The van der Waals surface area contributed by atoms with Crippen molar-refractivity contribution < 1.29 is 14.3 Å². The fourth-order valence-electron chi connectivity index (χ4n) is 1.67. The minimum Gasteiger partial charge on any atom is -0.463 e. The van der Waals surface area contributed by atoms with Crippen molar-refractivity contribution in [3.05, 3.63) is 60.1 Å². The molecule has 0 saturated carbocycles. The second kappa shape index (κ2) is 7.37. The van der Waals surface area contributed by atoms with Gasteiger partial charge >= 0.3 is 0 Å². The lowest BCUT2D eigenvalue weighted by molar-refractivity contribution is -0.123. The Balaban J connectivity index is 1.82. The van der Waals surface area contributed by atoms with Gasteiger partial charge in [-0.2, -0.15) is 5.10 Å². The van der Waals surface area contributed by atoms with Gasteiger partial charge < -0.3 is 9.52 Å². The van der Waals surface area contributed by atoms with Crippen LogP contribution in [0, 0.1) is 0 Å². The number of rotatable bonds is 6. The third kappa shape index (κ3) is 4.55. The highest BCUT2D eigenvalue weighted by Gasteiger charge is 2.16. The van der Waals surface area contributed by atoms with Gasteiger partial charge in [-0.05, 0) is 24.6 Å². The molecule has 0 bridgehead atoms. The van der Waals surface area contributed by atoms with E-state index in [-0.39, 0.29) is 5.91 Å². The van der Waals surface area contributed by atoms with Crippen LogP contribution in [0.5, 0.6) is 0 Å². The number of nitrogens with one attached hydrogen (secondary N) is 2. The number of aliphatic hydroxyl groups excluding tert-OH is 1. The summed E-state index contributed by atoms with van der Waals surface area (Å²) in [7, 11) is 0. The summed E-state index contributed by atoms with van der Waals surface area (Å²) in [6.45, 7) is 1.64. The largest absolute Gasteiger partial charge is 0.463 e. The van der Waals surface area contributed by atoms with Crippen LogP contribution in [0.1, 0.15) is 24.5 Å². The first kappa shape index (κ1) is 15.0. The molecule has 2 aromatic rings. The Bertz CT molecular complexity index is 581. The van der Waals surface area contributed by atoms with Crippen LogP contribution in [0.25, 0.3) is 0 Å². The average Bonchev–Trinajstić information content (AvgIpc) is 3.01. The average molecular weight is 287 g/mol. The Hall–Kier alpha value is -2.44. The van der Waals surface area contributed by atoms with Gasteiger partial charge in [-0.25, -0.2) is 5.43 Å². The van der Waals surface area contributed by atoms with E-state index in [1.807, 2.05) is 18.2 Å². The summed E-state index contributed by atoms with van der Waals surface area (Å²) in [6, 6.07) is 11.9. The topological polar surface area (TPSA) is 86.9 Å². The van der Waals surface area contributed by atoms with Crippen molar-refractivity contribution in [1.29, 1.82) is 0 Å². The molecular formula is C15H17N3O3. The monoisotopic (exact) mass is 287 g/mol. The molecule has 0 aliphatic heterocycles. The zero-order valence-corrected chi connectivity index (χ0v) is 11.6. The normalized spacial score (nSPS) is 14.0. The second-order valence-electron chi connectivity index (χ2n) is 4.45. The highest BCUT2D eigenvalue weighted by Crippen LogP contribution is 2.09. The van der Waals surface area contributed by atoms with Crippen LogP contribution < -0.4 is 10.7 Å². The fraction of sp³-hybridized carbons (Fsp3) is 0.200. The van der Waals surface area contributed by atoms with Gasteiger partial charge in [-0.1, -0.05) is 30.3 Å². The van der Waals surface area contributed by atoms with Crippen LogP contribution in [0.4, 0.5) is 0 Å². The van der Waals surface area contributed by atoms with Crippen LogP contribution in [0.15, 0.2) is 58.2 Å². The van der Waals surface area contributed by atoms with Gasteiger partial charge in [0.15, 0.2) is 0 Å². The van der Waals surface area contributed by atoms with Crippen molar-refractivity contribution in [2.24, 2.45) is 5.10 Å². The number of aliphatic hydroxyl groups is 1. The van der Waals surface area contributed by atoms with Gasteiger partial charge in [0.1, 0.15) is 12.0 Å². The number of hydrazone groups is 1. The summed E-state index contributed by atoms with van der Waals surface area (Å²) in [4.78, 5) is 11.8. The number of nitrogens with zero attached hydrogens (tertiary/aromatic N) is 1. The molecule has 3 N–H and O–H groups in total. The Morgan fingerprint density at radius 1 is 1.29 bits per heavy atom. The molecule has 1 aromatic heterocycles. The summed E-state index contributed by atoms with van der Waals surface area (Å²) in [5, 5.41) is 16.5. The lowest BCUT2D eigenvalue weighted by atomic mass is 10.2. The van der Waals surface area contributed by atoms with Crippen molar-refractivity contribution in [3.63, 3.8) is 0 Å². The van der Waals surface area contributed by atoms with E-state index < -0.39 is 12.3 Å². The number of amides is 1. The summed E-state index contributed by atoms with van der Waals surface area (Å²) in [6.07, 6.45) is 2.00. The van der Waals surface area contributed by atoms with Gasteiger partial charge in [0.25, 0.3) is 5.91 Å². The van der Waals surface area contributed by atoms with Crippen LogP contribution >= 0.6 is 0 Å². The van der Waals surface area contributed by atoms with E-state index in [1.54, 1.807) is 31.2 Å². The molecule has 6 heteroatoms. The molecule has 0 fully saturated rings. The molecule has 1 aromatic carbocycles. The number of carbonyl (C=O) groups excluding carboxylic acids is 1. The Kier molecular flexibility index (Phi) is 5.25. The molecule has 21 heavy (non-hydrogen) atoms. The lowest BCUT2D eigenvalue weighted by Crippen LogP contribution is -2.42. The molecule has 1 amide bonds. The minimum absolute atomic E-state index is 0.354. The number of hydrogen-bond acceptors (Lipinski definition) is 5. The maximum atomic E-state index is 11.8. The van der Waals surface area contributed by atoms with E-state index in [9.17, 15) is 9.90 Å². The first-order valence-corrected chi connectivity index (χ1v) is 6.52. The van der Waals surface area contributed by atoms with E-state index >= 15 is 0 Å². The van der Waals surface area contributed by atoms with Crippen molar-refractivity contribution in [1.82, 2.24) is 10.7 Å². The molecule has 0 unspecified atom stereocenters. The van der Waals surface area contributed by atoms with Crippen molar-refractivity contribution >= 4 is 12.1 Å². The molecule has 2 atom stereocenters. The van der Waals surface area contributed by atoms with Gasteiger partial charge in [-0.15, -0.1) is 0 Å². The first-order valence-electron chi connectivity index (χ1n) is 6.52. The van der Waals surface area contributed by atoms with Crippen molar-refractivity contribution in [3.8, 4) is 0 Å². The number of hydrogen-bond donors (Lipinski definition) is 3. The predicted octanol–water partition coefficient (Wildman–Crippen LogP) is 1.40. The van der Waals surface area contributed by atoms with Crippen LogP contribution in [0.3, 0.4) is 0 Å². The van der Waals surface area contributed by atoms with Gasteiger partial charge in [0.2, 0.25) is 0 Å². The smallest absolute Gasteiger partial charge is 0.256 e. The van der Waals surface area contributed by atoms with E-state index in [0.29, 0.717) is 11.3 Å². The second-order valence-corrected chi connectivity index (χ2v) is 4.45. The molecule has 0 spiro atoms. The van der Waals surface area contributed by atoms with Gasteiger partial charge in [-0.3, -0.25) is 10.1 Å². The molecule has 0 aliphatic rings. The Labute approximate surface area is 122 Å². The molecule has 0 aliphatic carbocycles. The third-order valence-corrected chi connectivity index (χ3v) is 2.83. The number of carbonyl (C=O) groups is 1. The summed E-state index contributed by atoms with van der Waals surface area (Å²) < 4.78 is 5.04. The summed E-state index contributed by atoms with van der Waals surface area (Å²) >= 11 is 0. The van der Waals surface area contributed by atoms with E-state index in [2.05, 4.69) is 15.8 Å². The highest BCUT2D eigenvalue weighted by atomic mass is 16.3. The maximum absolute atomic E-state index is 11.8. The van der Waals surface area contributed by atoms with Crippen LogP contribution in [-0.4, -0.2) is 23.3 Å². The highest BCUT2D eigenvalue weighted by molar-refractivity contribution is 5.83. The molecule has 6 nitrogen and oxygen atoms in total. The molecular weight excluding hydrogens is 270 g/mol. The van der Waals surface area contributed by atoms with E-state index in [4.69, 9.17) is 4.42 Å². The Morgan fingerprint density at radius 3 is 2.71 bits per heavy atom. The predicted molar refractivity (Wildman–Crippen MR) is 78.4 cm³/mol. The van der Waals surface area contributed by atoms with Crippen LogP contribution in [-0.2, 0) is 4.79 Å². The first-order chi connectivity index (χ1) is 10.2. The van der Waals surface area contributed by atoms with Gasteiger partial charge in [0.05, 0.1) is 18.5 Å². The maximum Gasteiger partial charge on any atom is 0.256 e. The molecule has 1 heterocycles. The Morgan fingerprint density at radius 2 is 2.05 bits per heavy atom. The van der Waals surface area contributed by atoms with Crippen molar-refractivity contribution in [2.45, 2.75) is 19.2 Å². The summed E-state index contributed by atoms with van der Waals surface area (Å²) in [5.41, 5.74) is 3.07. The number of benzene rings is 1. The minimum atomic E-state index is -0.916. The van der Waals surface area contributed by atoms with Gasteiger partial charge in [0, 0.05) is 0 Å². The molecule has 110 valence electrons. The zero-order chi connectivity index (χ0) is 15.1. The molecule has 2 rings (SSSR count). The zero-order valence-electron chi connectivity index (χ0n) is 11.6. The SMILES string of the molecule is C[C@H](N[C@H](O)c1ccccc1)C(=O)N/N=C\c1ccco1. The van der Waals surface area contributed by atoms with E-state index in [1.165, 1.54) is 12.5 Å². The lowest BCUT2D eigenvalue weighted by Gasteiger charge is -2.17. The fourth-order valence-corrected chi connectivity index (χ4v) is 1.67. The molecule has 0 radical (unpaired) electrons. The standard InChI is InChI=1S/C15H17N3O3/c1-11(17-15(20)12-6-3-2-4-7-12)14(19)18-16-10-13-8-5-9-21-13/h2-11,15,17,20H,1H3,(H,18,19)/b16-10-/t11-,15+/m0/s1. The van der Waals surface area contributed by atoms with Crippen LogP contribution in [0.2, 0.25) is 0 Å². The number of furan rings is 1. The summed E-state index contributed by atoms with van der Waals surface area (Å²) in [5.74, 6) is 0.188.